The Kier molecular flexibility index (Phi) is 7.13. The standard InChI is InChI=1S/C14H22O2S/c1-12(10-15)11-17-9-5-7-13-6-3-4-8-14(13)16-2/h3-4,6,8,12,15H,5,7,9-11H2,1-2H3. The summed E-state index contributed by atoms with van der Waals surface area (Å²) in [5.41, 5.74) is 1.28. The van der Waals surface area contributed by atoms with E-state index < -0.39 is 0 Å². The number of hydrogen-bond donors (Lipinski definition) is 1. The zero-order chi connectivity index (χ0) is 12.5. The molecule has 3 heteroatoms. The zero-order valence-electron chi connectivity index (χ0n) is 10.7. The van der Waals surface area contributed by atoms with Crippen molar-refractivity contribution < 1.29 is 9.84 Å². The lowest BCUT2D eigenvalue weighted by molar-refractivity contribution is 0.250. The van der Waals surface area contributed by atoms with Crippen molar-refractivity contribution in [2.45, 2.75) is 19.8 Å². The van der Waals surface area contributed by atoms with Crippen molar-refractivity contribution in [1.29, 1.82) is 0 Å². The van der Waals surface area contributed by atoms with E-state index in [2.05, 4.69) is 19.1 Å². The molecule has 1 N–H and O–H groups in total. The van der Waals surface area contributed by atoms with Gasteiger partial charge < -0.3 is 9.84 Å². The van der Waals surface area contributed by atoms with Gasteiger partial charge in [0.25, 0.3) is 0 Å². The molecule has 0 aromatic heterocycles. The Bertz CT molecular complexity index is 315. The molecule has 0 fully saturated rings. The third-order valence-corrected chi connectivity index (χ3v) is 4.02. The summed E-state index contributed by atoms with van der Waals surface area (Å²) < 4.78 is 5.32. The van der Waals surface area contributed by atoms with Crippen molar-refractivity contribution in [2.24, 2.45) is 5.92 Å². The summed E-state index contributed by atoms with van der Waals surface area (Å²) >= 11 is 1.92. The highest BCUT2D eigenvalue weighted by Crippen LogP contribution is 2.20. The minimum atomic E-state index is 0.291. The summed E-state index contributed by atoms with van der Waals surface area (Å²) in [6, 6.07) is 8.19. The fraction of sp³-hybridized carbons (Fsp3) is 0.571. The molecule has 0 aliphatic carbocycles. The van der Waals surface area contributed by atoms with E-state index in [1.807, 2.05) is 23.9 Å². The summed E-state index contributed by atoms with van der Waals surface area (Å²) in [4.78, 5) is 0. The number of benzene rings is 1. The van der Waals surface area contributed by atoms with Gasteiger partial charge in [-0.1, -0.05) is 25.1 Å². The van der Waals surface area contributed by atoms with E-state index in [0.717, 1.165) is 30.1 Å². The normalized spacial score (nSPS) is 12.4. The third kappa shape index (κ3) is 5.46. The molecule has 0 aliphatic rings. The Morgan fingerprint density at radius 2 is 2.12 bits per heavy atom. The first-order valence-corrected chi connectivity index (χ1v) is 7.24. The zero-order valence-corrected chi connectivity index (χ0v) is 11.5. The first-order chi connectivity index (χ1) is 8.27. The van der Waals surface area contributed by atoms with Gasteiger partial charge in [0.1, 0.15) is 5.75 Å². The van der Waals surface area contributed by atoms with E-state index in [-0.39, 0.29) is 0 Å². The van der Waals surface area contributed by atoms with Crippen LogP contribution in [0.1, 0.15) is 18.9 Å². The molecule has 0 aliphatic heterocycles. The monoisotopic (exact) mass is 254 g/mol. The predicted octanol–water partition coefficient (Wildman–Crippen LogP) is 2.99. The summed E-state index contributed by atoms with van der Waals surface area (Å²) in [6.07, 6.45) is 2.22. The van der Waals surface area contributed by atoms with Gasteiger partial charge in [0, 0.05) is 6.61 Å². The molecule has 0 saturated carbocycles. The van der Waals surface area contributed by atoms with Crippen LogP contribution in [0.25, 0.3) is 0 Å². The molecule has 1 atom stereocenters. The number of aliphatic hydroxyl groups is 1. The first-order valence-electron chi connectivity index (χ1n) is 6.08. The topological polar surface area (TPSA) is 29.5 Å². The minimum absolute atomic E-state index is 0.291. The largest absolute Gasteiger partial charge is 0.496 e. The lowest BCUT2D eigenvalue weighted by Crippen LogP contribution is -2.04. The van der Waals surface area contributed by atoms with Crippen LogP contribution in [0.5, 0.6) is 5.75 Å². The molecule has 0 heterocycles. The number of aryl methyl sites for hydroxylation is 1. The molecule has 0 radical (unpaired) electrons. The Balaban J connectivity index is 2.22. The number of para-hydroxylation sites is 1. The number of ether oxygens (including phenoxy) is 1. The number of aliphatic hydroxyl groups excluding tert-OH is 1. The van der Waals surface area contributed by atoms with Crippen LogP contribution in [0.15, 0.2) is 24.3 Å². The van der Waals surface area contributed by atoms with Crippen LogP contribution in [0.3, 0.4) is 0 Å². The highest BCUT2D eigenvalue weighted by atomic mass is 32.2. The van der Waals surface area contributed by atoms with Gasteiger partial charge in [0.15, 0.2) is 0 Å². The van der Waals surface area contributed by atoms with E-state index in [9.17, 15) is 0 Å². The first kappa shape index (κ1) is 14.4. The fourth-order valence-corrected chi connectivity index (χ4v) is 2.63. The number of thioether (sulfide) groups is 1. The number of hydrogen-bond acceptors (Lipinski definition) is 3. The van der Waals surface area contributed by atoms with Crippen LogP contribution in [0, 0.1) is 5.92 Å². The van der Waals surface area contributed by atoms with E-state index in [1.165, 1.54) is 5.56 Å². The van der Waals surface area contributed by atoms with Gasteiger partial charge in [0.05, 0.1) is 7.11 Å². The molecule has 1 aromatic rings. The smallest absolute Gasteiger partial charge is 0.122 e. The van der Waals surface area contributed by atoms with Crippen molar-refractivity contribution >= 4 is 11.8 Å². The van der Waals surface area contributed by atoms with Crippen LogP contribution in [0.4, 0.5) is 0 Å². The molecule has 0 spiro atoms. The molecule has 96 valence electrons. The SMILES string of the molecule is COc1ccccc1CCCSCC(C)CO. The summed E-state index contributed by atoms with van der Waals surface area (Å²) in [5.74, 6) is 3.58. The highest BCUT2D eigenvalue weighted by Gasteiger charge is 2.02. The van der Waals surface area contributed by atoms with E-state index in [4.69, 9.17) is 9.84 Å². The van der Waals surface area contributed by atoms with Gasteiger partial charge in [-0.3, -0.25) is 0 Å². The van der Waals surface area contributed by atoms with Crippen molar-refractivity contribution in [3.8, 4) is 5.75 Å². The molecule has 1 unspecified atom stereocenters. The number of methoxy groups -OCH3 is 1. The van der Waals surface area contributed by atoms with Gasteiger partial charge in [-0.25, -0.2) is 0 Å². The van der Waals surface area contributed by atoms with Crippen LogP contribution in [-0.2, 0) is 6.42 Å². The summed E-state index contributed by atoms with van der Waals surface area (Å²) in [7, 11) is 1.72. The van der Waals surface area contributed by atoms with E-state index >= 15 is 0 Å². The lowest BCUT2D eigenvalue weighted by atomic mass is 10.1. The number of rotatable bonds is 8. The van der Waals surface area contributed by atoms with Crippen LogP contribution < -0.4 is 4.74 Å². The molecule has 0 saturated heterocycles. The van der Waals surface area contributed by atoms with Crippen LogP contribution in [0.2, 0.25) is 0 Å². The second-order valence-electron chi connectivity index (χ2n) is 4.28. The van der Waals surface area contributed by atoms with Gasteiger partial charge in [0.2, 0.25) is 0 Å². The van der Waals surface area contributed by atoms with Crippen molar-refractivity contribution in [1.82, 2.24) is 0 Å². The Labute approximate surface area is 108 Å². The van der Waals surface area contributed by atoms with Gasteiger partial charge in [-0.15, -0.1) is 0 Å². The minimum Gasteiger partial charge on any atom is -0.496 e. The molecular weight excluding hydrogens is 232 g/mol. The van der Waals surface area contributed by atoms with E-state index in [0.29, 0.717) is 12.5 Å². The summed E-state index contributed by atoms with van der Waals surface area (Å²) in [5, 5.41) is 8.91. The third-order valence-electron chi connectivity index (χ3n) is 2.64. The van der Waals surface area contributed by atoms with Crippen molar-refractivity contribution in [3.05, 3.63) is 29.8 Å². The molecule has 2 nitrogen and oxygen atoms in total. The molecule has 0 bridgehead atoms. The Morgan fingerprint density at radius 3 is 2.82 bits per heavy atom. The average molecular weight is 254 g/mol. The Morgan fingerprint density at radius 1 is 1.35 bits per heavy atom. The predicted molar refractivity (Wildman–Crippen MR) is 74.9 cm³/mol. The second-order valence-corrected chi connectivity index (χ2v) is 5.43. The fourth-order valence-electron chi connectivity index (χ4n) is 1.61. The molecular formula is C14H22O2S. The lowest BCUT2D eigenvalue weighted by Gasteiger charge is -2.09. The van der Waals surface area contributed by atoms with Crippen LogP contribution in [-0.4, -0.2) is 30.3 Å². The maximum atomic E-state index is 8.91. The Hall–Kier alpha value is -0.670. The average Bonchev–Trinajstić information content (AvgIpc) is 2.38. The maximum Gasteiger partial charge on any atom is 0.122 e. The molecule has 0 amide bonds. The molecule has 1 aromatic carbocycles. The van der Waals surface area contributed by atoms with Gasteiger partial charge >= 0.3 is 0 Å². The van der Waals surface area contributed by atoms with Crippen molar-refractivity contribution in [2.75, 3.05) is 25.2 Å². The molecule has 1 rings (SSSR count). The maximum absolute atomic E-state index is 8.91. The van der Waals surface area contributed by atoms with Crippen molar-refractivity contribution in [3.63, 3.8) is 0 Å². The summed E-state index contributed by atoms with van der Waals surface area (Å²) in [6.45, 7) is 2.37. The van der Waals surface area contributed by atoms with Gasteiger partial charge in [-0.2, -0.15) is 11.8 Å². The second kappa shape index (κ2) is 8.43. The quantitative estimate of drug-likeness (QED) is 0.723. The van der Waals surface area contributed by atoms with Crippen LogP contribution >= 0.6 is 11.8 Å². The highest BCUT2D eigenvalue weighted by molar-refractivity contribution is 7.99. The van der Waals surface area contributed by atoms with E-state index in [1.54, 1.807) is 7.11 Å². The van der Waals surface area contributed by atoms with Gasteiger partial charge in [-0.05, 0) is 41.9 Å². The molecule has 17 heavy (non-hydrogen) atoms.